The molecule has 14 heavy (non-hydrogen) atoms. The molecule has 0 aliphatic heterocycles. The number of furan rings is 1. The molecule has 0 aliphatic carbocycles. The number of aliphatic hydroxyl groups is 1. The predicted molar refractivity (Wildman–Crippen MR) is 52.3 cm³/mol. The van der Waals surface area contributed by atoms with Crippen molar-refractivity contribution in [2.24, 2.45) is 0 Å². The number of hydrogen-bond acceptors (Lipinski definition) is 3. The van der Waals surface area contributed by atoms with Crippen molar-refractivity contribution < 1.29 is 14.3 Å². The molecular weight excluding hydrogens is 182 g/mol. The minimum absolute atomic E-state index is 0.0549. The first-order valence-electron chi connectivity index (χ1n) is 4.53. The van der Waals surface area contributed by atoms with Crippen LogP contribution < -0.4 is 5.32 Å². The van der Waals surface area contributed by atoms with Crippen LogP contribution in [0.25, 0.3) is 0 Å². The molecule has 1 aromatic rings. The number of carbonyl (C=O) groups is 1. The molecule has 2 N–H and O–H groups in total. The first-order valence-corrected chi connectivity index (χ1v) is 4.53. The second-order valence-corrected chi connectivity index (χ2v) is 3.19. The Labute approximate surface area is 82.9 Å². The van der Waals surface area contributed by atoms with Gasteiger partial charge in [0.25, 0.3) is 5.91 Å². The van der Waals surface area contributed by atoms with Gasteiger partial charge in [-0.2, -0.15) is 0 Å². The van der Waals surface area contributed by atoms with E-state index in [2.05, 4.69) is 5.32 Å². The van der Waals surface area contributed by atoms with Crippen molar-refractivity contribution in [1.82, 2.24) is 5.32 Å². The molecule has 0 aliphatic rings. The molecule has 0 bridgehead atoms. The van der Waals surface area contributed by atoms with Crippen LogP contribution in [0, 0.1) is 20.8 Å². The molecule has 1 heterocycles. The normalized spacial score (nSPS) is 10.3. The van der Waals surface area contributed by atoms with Crippen LogP contribution in [-0.4, -0.2) is 24.2 Å². The Morgan fingerprint density at radius 3 is 2.43 bits per heavy atom. The Bertz CT molecular complexity index is 341. The topological polar surface area (TPSA) is 62.5 Å². The Kier molecular flexibility index (Phi) is 3.30. The zero-order valence-electron chi connectivity index (χ0n) is 8.68. The van der Waals surface area contributed by atoms with Gasteiger partial charge in [-0.15, -0.1) is 0 Å². The van der Waals surface area contributed by atoms with Gasteiger partial charge in [0, 0.05) is 12.1 Å². The van der Waals surface area contributed by atoms with Crippen molar-refractivity contribution in [1.29, 1.82) is 0 Å². The molecular formula is C10H15NO3. The zero-order chi connectivity index (χ0) is 10.7. The molecule has 1 aromatic heterocycles. The third kappa shape index (κ3) is 1.96. The van der Waals surface area contributed by atoms with Gasteiger partial charge in [-0.1, -0.05) is 0 Å². The van der Waals surface area contributed by atoms with Crippen LogP contribution in [0.1, 0.15) is 27.4 Å². The Morgan fingerprint density at radius 2 is 2.00 bits per heavy atom. The number of aryl methyl sites for hydroxylation is 2. The molecule has 1 amide bonds. The quantitative estimate of drug-likeness (QED) is 0.757. The second kappa shape index (κ2) is 4.28. The molecule has 0 spiro atoms. The SMILES string of the molecule is Cc1oc(C)c(C(=O)NCCO)c1C. The van der Waals surface area contributed by atoms with E-state index in [-0.39, 0.29) is 19.1 Å². The summed E-state index contributed by atoms with van der Waals surface area (Å²) in [5, 5.41) is 11.2. The minimum Gasteiger partial charge on any atom is -0.466 e. The molecule has 0 radical (unpaired) electrons. The van der Waals surface area contributed by atoms with Crippen molar-refractivity contribution in [3.8, 4) is 0 Å². The third-order valence-electron chi connectivity index (χ3n) is 2.19. The summed E-state index contributed by atoms with van der Waals surface area (Å²) >= 11 is 0. The van der Waals surface area contributed by atoms with Crippen LogP contribution in [0.2, 0.25) is 0 Å². The Hall–Kier alpha value is -1.29. The van der Waals surface area contributed by atoms with Gasteiger partial charge >= 0.3 is 0 Å². The lowest BCUT2D eigenvalue weighted by atomic mass is 10.1. The molecule has 4 heteroatoms. The second-order valence-electron chi connectivity index (χ2n) is 3.19. The smallest absolute Gasteiger partial charge is 0.255 e. The molecule has 78 valence electrons. The fraction of sp³-hybridized carbons (Fsp3) is 0.500. The van der Waals surface area contributed by atoms with E-state index in [1.165, 1.54) is 0 Å². The highest BCUT2D eigenvalue weighted by molar-refractivity contribution is 5.96. The number of nitrogens with one attached hydrogen (secondary N) is 1. The van der Waals surface area contributed by atoms with E-state index in [1.54, 1.807) is 6.92 Å². The molecule has 4 nitrogen and oxygen atoms in total. The van der Waals surface area contributed by atoms with E-state index < -0.39 is 0 Å². The van der Waals surface area contributed by atoms with Crippen LogP contribution in [0.15, 0.2) is 4.42 Å². The van der Waals surface area contributed by atoms with E-state index >= 15 is 0 Å². The first-order chi connectivity index (χ1) is 6.57. The lowest BCUT2D eigenvalue weighted by Gasteiger charge is -2.02. The molecule has 0 atom stereocenters. The van der Waals surface area contributed by atoms with Crippen molar-refractivity contribution in [2.75, 3.05) is 13.2 Å². The van der Waals surface area contributed by atoms with Gasteiger partial charge in [0.2, 0.25) is 0 Å². The molecule has 1 rings (SSSR count). The van der Waals surface area contributed by atoms with E-state index in [0.717, 1.165) is 11.3 Å². The van der Waals surface area contributed by atoms with Gasteiger partial charge < -0.3 is 14.8 Å². The van der Waals surface area contributed by atoms with E-state index in [4.69, 9.17) is 9.52 Å². The molecule has 0 fully saturated rings. The number of carbonyl (C=O) groups excluding carboxylic acids is 1. The lowest BCUT2D eigenvalue weighted by Crippen LogP contribution is -2.27. The molecule has 0 unspecified atom stereocenters. The summed E-state index contributed by atoms with van der Waals surface area (Å²) in [6.45, 7) is 5.64. The monoisotopic (exact) mass is 197 g/mol. The fourth-order valence-electron chi connectivity index (χ4n) is 1.39. The van der Waals surface area contributed by atoms with E-state index in [1.807, 2.05) is 13.8 Å². The number of rotatable bonds is 3. The van der Waals surface area contributed by atoms with Gasteiger partial charge in [-0.05, 0) is 20.8 Å². The summed E-state index contributed by atoms with van der Waals surface area (Å²) in [7, 11) is 0. The Morgan fingerprint density at radius 1 is 1.36 bits per heavy atom. The standard InChI is InChI=1S/C10H15NO3/c1-6-7(2)14-8(3)9(6)10(13)11-4-5-12/h12H,4-5H2,1-3H3,(H,11,13). The molecule has 0 aromatic carbocycles. The predicted octanol–water partition coefficient (Wildman–Crippen LogP) is 0.927. The van der Waals surface area contributed by atoms with Crippen molar-refractivity contribution in [2.45, 2.75) is 20.8 Å². The van der Waals surface area contributed by atoms with Crippen LogP contribution in [-0.2, 0) is 0 Å². The van der Waals surface area contributed by atoms with E-state index in [9.17, 15) is 4.79 Å². The summed E-state index contributed by atoms with van der Waals surface area (Å²) in [6.07, 6.45) is 0. The highest BCUT2D eigenvalue weighted by atomic mass is 16.3. The van der Waals surface area contributed by atoms with Gasteiger partial charge in [-0.3, -0.25) is 4.79 Å². The van der Waals surface area contributed by atoms with Gasteiger partial charge in [0.15, 0.2) is 0 Å². The highest BCUT2D eigenvalue weighted by Crippen LogP contribution is 2.20. The van der Waals surface area contributed by atoms with Crippen LogP contribution in [0.4, 0.5) is 0 Å². The highest BCUT2D eigenvalue weighted by Gasteiger charge is 2.17. The third-order valence-corrected chi connectivity index (χ3v) is 2.19. The number of aliphatic hydroxyl groups excluding tert-OH is 1. The number of amides is 1. The Balaban J connectivity index is 2.89. The summed E-state index contributed by atoms with van der Waals surface area (Å²) < 4.78 is 5.32. The number of hydrogen-bond donors (Lipinski definition) is 2. The largest absolute Gasteiger partial charge is 0.466 e. The summed E-state index contributed by atoms with van der Waals surface area (Å²) in [6, 6.07) is 0. The maximum absolute atomic E-state index is 11.6. The lowest BCUT2D eigenvalue weighted by molar-refractivity contribution is 0.0942. The average Bonchev–Trinajstić information content (AvgIpc) is 2.38. The van der Waals surface area contributed by atoms with Gasteiger partial charge in [-0.25, -0.2) is 0 Å². The molecule has 0 saturated carbocycles. The minimum atomic E-state index is -0.189. The zero-order valence-corrected chi connectivity index (χ0v) is 8.68. The van der Waals surface area contributed by atoms with Crippen LogP contribution in [0.5, 0.6) is 0 Å². The van der Waals surface area contributed by atoms with Gasteiger partial charge in [0.1, 0.15) is 11.5 Å². The summed E-state index contributed by atoms with van der Waals surface area (Å²) in [5.74, 6) is 1.19. The van der Waals surface area contributed by atoms with Crippen molar-refractivity contribution >= 4 is 5.91 Å². The van der Waals surface area contributed by atoms with Crippen LogP contribution in [0.3, 0.4) is 0 Å². The maximum atomic E-state index is 11.6. The summed E-state index contributed by atoms with van der Waals surface area (Å²) in [4.78, 5) is 11.6. The fourth-order valence-corrected chi connectivity index (χ4v) is 1.39. The summed E-state index contributed by atoms with van der Waals surface area (Å²) in [5.41, 5.74) is 1.44. The van der Waals surface area contributed by atoms with Crippen LogP contribution >= 0.6 is 0 Å². The van der Waals surface area contributed by atoms with Crippen molar-refractivity contribution in [3.63, 3.8) is 0 Å². The molecule has 0 saturated heterocycles. The maximum Gasteiger partial charge on any atom is 0.255 e. The van der Waals surface area contributed by atoms with Gasteiger partial charge in [0.05, 0.1) is 12.2 Å². The van der Waals surface area contributed by atoms with Crippen molar-refractivity contribution in [3.05, 3.63) is 22.6 Å². The first kappa shape index (κ1) is 10.8. The van der Waals surface area contributed by atoms with E-state index in [0.29, 0.717) is 11.3 Å². The average molecular weight is 197 g/mol.